The van der Waals surface area contributed by atoms with E-state index in [4.69, 9.17) is 0 Å². The van der Waals surface area contributed by atoms with Crippen molar-refractivity contribution in [3.8, 4) is 0 Å². The summed E-state index contributed by atoms with van der Waals surface area (Å²) < 4.78 is 2.85. The summed E-state index contributed by atoms with van der Waals surface area (Å²) in [5.74, 6) is 0.644. The zero-order valence-corrected chi connectivity index (χ0v) is 12.1. The summed E-state index contributed by atoms with van der Waals surface area (Å²) in [4.78, 5) is 4.44. The Morgan fingerprint density at radius 1 is 1.26 bits per heavy atom. The number of nitrogens with zero attached hydrogens (tertiary/aromatic N) is 3. The molecular weight excluding hydrogens is 304 g/mol. The topological polar surface area (TPSA) is 42.2 Å². The highest BCUT2D eigenvalue weighted by atomic mass is 79.9. The van der Waals surface area contributed by atoms with Crippen molar-refractivity contribution in [3.63, 3.8) is 0 Å². The van der Waals surface area contributed by atoms with Gasteiger partial charge in [-0.15, -0.1) is 5.10 Å². The lowest BCUT2D eigenvalue weighted by molar-refractivity contribution is 0.947. The Morgan fingerprint density at radius 3 is 3.00 bits per heavy atom. The Bertz CT molecular complexity index is 720. The Morgan fingerprint density at radius 2 is 2.16 bits per heavy atom. The van der Waals surface area contributed by atoms with Crippen LogP contribution in [0.4, 0.5) is 5.95 Å². The molecule has 0 atom stereocenters. The lowest BCUT2D eigenvalue weighted by Crippen LogP contribution is -2.01. The number of aromatic nitrogens is 3. The molecule has 1 aromatic carbocycles. The van der Waals surface area contributed by atoms with Crippen LogP contribution in [0.25, 0.3) is 5.65 Å². The summed E-state index contributed by atoms with van der Waals surface area (Å²) in [7, 11) is 0. The highest BCUT2D eigenvalue weighted by Gasteiger charge is 2.03. The van der Waals surface area contributed by atoms with Crippen molar-refractivity contribution >= 4 is 27.5 Å². The van der Waals surface area contributed by atoms with Crippen LogP contribution < -0.4 is 5.32 Å². The molecule has 0 unspecified atom stereocenters. The van der Waals surface area contributed by atoms with E-state index in [0.29, 0.717) is 12.5 Å². The van der Waals surface area contributed by atoms with E-state index in [0.717, 1.165) is 10.1 Å². The van der Waals surface area contributed by atoms with E-state index in [1.165, 1.54) is 11.1 Å². The van der Waals surface area contributed by atoms with Gasteiger partial charge in [0.1, 0.15) is 0 Å². The molecule has 5 heteroatoms. The number of hydrogen-bond acceptors (Lipinski definition) is 3. The van der Waals surface area contributed by atoms with Crippen molar-refractivity contribution in [2.24, 2.45) is 0 Å². The van der Waals surface area contributed by atoms with E-state index in [1.54, 1.807) is 4.52 Å². The second kappa shape index (κ2) is 5.01. The number of hydrogen-bond donors (Lipinski definition) is 1. The van der Waals surface area contributed by atoms with Gasteiger partial charge in [-0.05, 0) is 42.3 Å². The van der Waals surface area contributed by atoms with E-state index < -0.39 is 0 Å². The van der Waals surface area contributed by atoms with Gasteiger partial charge in [-0.3, -0.25) is 0 Å². The number of fused-ring (bicyclic) bond motifs is 1. The lowest BCUT2D eigenvalue weighted by Gasteiger charge is -2.02. The van der Waals surface area contributed by atoms with Crippen molar-refractivity contribution in [1.29, 1.82) is 0 Å². The van der Waals surface area contributed by atoms with Gasteiger partial charge in [0.15, 0.2) is 5.65 Å². The molecule has 0 aliphatic rings. The van der Waals surface area contributed by atoms with Gasteiger partial charge in [0.2, 0.25) is 5.95 Å². The van der Waals surface area contributed by atoms with Gasteiger partial charge >= 0.3 is 0 Å². The van der Waals surface area contributed by atoms with Crippen molar-refractivity contribution in [2.45, 2.75) is 13.5 Å². The molecule has 3 aromatic rings. The van der Waals surface area contributed by atoms with Crippen molar-refractivity contribution in [3.05, 3.63) is 58.2 Å². The summed E-state index contributed by atoms with van der Waals surface area (Å²) in [5, 5.41) is 7.61. The minimum absolute atomic E-state index is 0.644. The van der Waals surface area contributed by atoms with Gasteiger partial charge in [0.25, 0.3) is 0 Å². The molecular formula is C14H13BrN4. The van der Waals surface area contributed by atoms with Crippen LogP contribution in [0.2, 0.25) is 0 Å². The third kappa shape index (κ3) is 2.76. The number of nitrogens with one attached hydrogen (secondary N) is 1. The second-order valence-electron chi connectivity index (χ2n) is 4.43. The first-order chi connectivity index (χ1) is 9.20. The van der Waals surface area contributed by atoms with Crippen LogP contribution in [-0.2, 0) is 6.54 Å². The normalized spacial score (nSPS) is 10.8. The van der Waals surface area contributed by atoms with E-state index >= 15 is 0 Å². The van der Waals surface area contributed by atoms with E-state index in [1.807, 2.05) is 37.4 Å². The summed E-state index contributed by atoms with van der Waals surface area (Å²) in [5.41, 5.74) is 3.22. The van der Waals surface area contributed by atoms with Crippen LogP contribution in [0.3, 0.4) is 0 Å². The molecule has 19 heavy (non-hydrogen) atoms. The summed E-state index contributed by atoms with van der Waals surface area (Å²) in [6, 6.07) is 12.2. The average Bonchev–Trinajstić information content (AvgIpc) is 2.78. The van der Waals surface area contributed by atoms with Crippen LogP contribution in [0.5, 0.6) is 0 Å². The molecule has 96 valence electrons. The van der Waals surface area contributed by atoms with Gasteiger partial charge in [0, 0.05) is 17.2 Å². The van der Waals surface area contributed by atoms with Crippen LogP contribution in [0, 0.1) is 6.92 Å². The first-order valence-electron chi connectivity index (χ1n) is 6.02. The van der Waals surface area contributed by atoms with Gasteiger partial charge in [-0.25, -0.2) is 4.52 Å². The molecule has 3 rings (SSSR count). The largest absolute Gasteiger partial charge is 0.349 e. The number of anilines is 1. The number of pyridine rings is 1. The zero-order chi connectivity index (χ0) is 13.2. The van der Waals surface area contributed by atoms with Crippen molar-refractivity contribution in [2.75, 3.05) is 5.32 Å². The lowest BCUT2D eigenvalue weighted by atomic mass is 10.2. The maximum absolute atomic E-state index is 4.44. The molecule has 0 bridgehead atoms. The molecule has 0 aliphatic heterocycles. The minimum atomic E-state index is 0.644. The second-order valence-corrected chi connectivity index (χ2v) is 5.34. The first-order valence-corrected chi connectivity index (χ1v) is 6.81. The zero-order valence-electron chi connectivity index (χ0n) is 10.5. The van der Waals surface area contributed by atoms with E-state index in [2.05, 4.69) is 43.5 Å². The maximum Gasteiger partial charge on any atom is 0.243 e. The summed E-state index contributed by atoms with van der Waals surface area (Å²) in [6.07, 6.45) is 1.92. The fourth-order valence-corrected chi connectivity index (χ4v) is 2.33. The van der Waals surface area contributed by atoms with E-state index in [9.17, 15) is 0 Å². The molecule has 0 aliphatic carbocycles. The molecule has 0 spiro atoms. The molecule has 0 radical (unpaired) electrons. The third-order valence-electron chi connectivity index (χ3n) is 2.83. The third-order valence-corrected chi connectivity index (χ3v) is 3.33. The predicted molar refractivity (Wildman–Crippen MR) is 79.2 cm³/mol. The van der Waals surface area contributed by atoms with Gasteiger partial charge in [-0.1, -0.05) is 28.1 Å². The summed E-state index contributed by atoms with van der Waals surface area (Å²) in [6.45, 7) is 2.75. The maximum atomic E-state index is 4.44. The summed E-state index contributed by atoms with van der Waals surface area (Å²) >= 11 is 3.46. The standard InChI is InChI=1S/C14H13BrN4/c1-10-5-6-19-13(7-10)17-14(18-19)16-9-11-3-2-4-12(15)8-11/h2-8H,9H2,1H3,(H,16,18). The van der Waals surface area contributed by atoms with Crippen LogP contribution >= 0.6 is 15.9 Å². The number of aryl methyl sites for hydroxylation is 1. The first kappa shape index (κ1) is 12.2. The molecule has 0 saturated heterocycles. The van der Waals surface area contributed by atoms with Crippen LogP contribution in [0.15, 0.2) is 47.1 Å². The van der Waals surface area contributed by atoms with Gasteiger partial charge in [-0.2, -0.15) is 4.98 Å². The van der Waals surface area contributed by atoms with Crippen LogP contribution in [-0.4, -0.2) is 14.6 Å². The number of benzene rings is 1. The predicted octanol–water partition coefficient (Wildman–Crippen LogP) is 3.41. The van der Waals surface area contributed by atoms with Gasteiger partial charge < -0.3 is 5.32 Å². The molecule has 1 N–H and O–H groups in total. The highest BCUT2D eigenvalue weighted by Crippen LogP contribution is 2.13. The number of halogens is 1. The molecule has 2 aromatic heterocycles. The smallest absolute Gasteiger partial charge is 0.243 e. The highest BCUT2D eigenvalue weighted by molar-refractivity contribution is 9.10. The monoisotopic (exact) mass is 316 g/mol. The molecule has 0 fully saturated rings. The van der Waals surface area contributed by atoms with Gasteiger partial charge in [0.05, 0.1) is 0 Å². The molecule has 0 saturated carbocycles. The Balaban J connectivity index is 1.78. The van der Waals surface area contributed by atoms with Crippen LogP contribution in [0.1, 0.15) is 11.1 Å². The fourth-order valence-electron chi connectivity index (χ4n) is 1.89. The quantitative estimate of drug-likeness (QED) is 0.805. The Labute approximate surface area is 119 Å². The Hall–Kier alpha value is -1.88. The minimum Gasteiger partial charge on any atom is -0.349 e. The Kier molecular flexibility index (Phi) is 3.21. The van der Waals surface area contributed by atoms with Crippen molar-refractivity contribution < 1.29 is 0 Å². The molecule has 4 nitrogen and oxygen atoms in total. The number of rotatable bonds is 3. The fraction of sp³-hybridized carbons (Fsp3) is 0.143. The molecule has 2 heterocycles. The van der Waals surface area contributed by atoms with Crippen molar-refractivity contribution in [1.82, 2.24) is 14.6 Å². The average molecular weight is 317 g/mol. The molecule has 0 amide bonds. The van der Waals surface area contributed by atoms with E-state index in [-0.39, 0.29) is 0 Å². The SMILES string of the molecule is Cc1ccn2nc(NCc3cccc(Br)c3)nc2c1.